The second-order valence-corrected chi connectivity index (χ2v) is 8.83. The Morgan fingerprint density at radius 3 is 2.21 bits per heavy atom. The summed E-state index contributed by atoms with van der Waals surface area (Å²) in [4.78, 5) is 25.3. The number of hydrogen-bond acceptors (Lipinski definition) is 3. The Balaban J connectivity index is 1.98. The fourth-order valence-electron chi connectivity index (χ4n) is 4.05. The number of hydrogen-bond donors (Lipinski definition) is 3. The number of ether oxygens (including phenoxy) is 1. The van der Waals surface area contributed by atoms with Gasteiger partial charge in [0.2, 0.25) is 0 Å². The Morgan fingerprint density at radius 2 is 1.66 bits per heavy atom. The van der Waals surface area contributed by atoms with Crippen LogP contribution in [0.5, 0.6) is 5.75 Å². The van der Waals surface area contributed by atoms with Crippen molar-refractivity contribution in [3.63, 3.8) is 0 Å². The lowest BCUT2D eigenvalue weighted by Crippen LogP contribution is -2.60. The maximum Gasteiger partial charge on any atom is 0.416 e. The second kappa shape index (κ2) is 11.4. The van der Waals surface area contributed by atoms with Crippen LogP contribution in [0.2, 0.25) is 0 Å². The Bertz CT molecular complexity index is 1170. The summed E-state index contributed by atoms with van der Waals surface area (Å²) in [6.07, 6.45) is -11.4. The highest BCUT2D eigenvalue weighted by Crippen LogP contribution is 2.48. The molecule has 0 fully saturated rings. The maximum absolute atomic E-state index is 14.7. The lowest BCUT2D eigenvalue weighted by atomic mass is 9.77. The summed E-state index contributed by atoms with van der Waals surface area (Å²) in [6.45, 7) is 3.41. The molecule has 3 rings (SSSR count). The second-order valence-electron chi connectivity index (χ2n) is 8.83. The molecule has 38 heavy (non-hydrogen) atoms. The molecule has 0 aliphatic carbocycles. The molecule has 3 N–H and O–H groups in total. The molecule has 3 amide bonds. The monoisotopic (exact) mass is 543 g/mol. The molecule has 0 spiro atoms. The number of rotatable bonds is 8. The third-order valence-corrected chi connectivity index (χ3v) is 5.98. The normalized spacial score (nSPS) is 18.2. The van der Waals surface area contributed by atoms with Crippen LogP contribution in [0.25, 0.3) is 5.57 Å². The predicted octanol–water partition coefficient (Wildman–Crippen LogP) is 5.72. The van der Waals surface area contributed by atoms with Crippen LogP contribution in [-0.4, -0.2) is 37.4 Å². The zero-order chi connectivity index (χ0) is 28.1. The van der Waals surface area contributed by atoms with Gasteiger partial charge in [0.05, 0.1) is 6.61 Å². The number of nitrogens with one attached hydrogen (secondary N) is 3. The molecule has 1 atom stereocenters. The topological polar surface area (TPSA) is 79.5 Å². The first-order chi connectivity index (χ1) is 17.8. The lowest BCUT2D eigenvalue weighted by molar-refractivity contribution is -0.201. The van der Waals surface area contributed by atoms with Crippen molar-refractivity contribution < 1.29 is 40.7 Å². The van der Waals surface area contributed by atoms with Gasteiger partial charge in [0.25, 0.3) is 5.91 Å². The van der Waals surface area contributed by atoms with Gasteiger partial charge in [-0.25, -0.2) is 4.79 Å². The van der Waals surface area contributed by atoms with Gasteiger partial charge in [-0.1, -0.05) is 42.0 Å². The van der Waals surface area contributed by atoms with Gasteiger partial charge in [-0.15, -0.1) is 0 Å². The van der Waals surface area contributed by atoms with Crippen molar-refractivity contribution >= 4 is 17.5 Å². The number of amides is 3. The van der Waals surface area contributed by atoms with Gasteiger partial charge >= 0.3 is 18.4 Å². The highest BCUT2D eigenvalue weighted by molar-refractivity contribution is 6.06. The Morgan fingerprint density at radius 1 is 1.03 bits per heavy atom. The van der Waals surface area contributed by atoms with Gasteiger partial charge < -0.3 is 20.7 Å². The van der Waals surface area contributed by atoms with Crippen molar-refractivity contribution in [1.29, 1.82) is 0 Å². The average Bonchev–Trinajstić information content (AvgIpc) is 2.83. The van der Waals surface area contributed by atoms with E-state index in [9.17, 15) is 35.9 Å². The molecular formula is C26H27F6N3O3. The molecule has 2 aromatic carbocycles. The molecule has 1 aliphatic rings. The molecule has 1 aliphatic heterocycles. The van der Waals surface area contributed by atoms with Gasteiger partial charge in [0.1, 0.15) is 11.4 Å². The van der Waals surface area contributed by atoms with Crippen molar-refractivity contribution in [3.8, 4) is 5.75 Å². The fraction of sp³-hybridized carbons (Fsp3) is 0.385. The number of benzene rings is 2. The maximum atomic E-state index is 14.7. The minimum absolute atomic E-state index is 0.00944. The van der Waals surface area contributed by atoms with Crippen LogP contribution in [0.1, 0.15) is 42.9 Å². The SMILES string of the molecule is CCNC(=O)NC1=C(c2ccc(C)cc2)CC(c2ccc(OCCCC(F)(F)F)cc2)(C(F)(F)F)NC1=O. The smallest absolute Gasteiger partial charge is 0.416 e. The Labute approximate surface area is 215 Å². The number of carbonyl (C=O) groups is 2. The highest BCUT2D eigenvalue weighted by atomic mass is 19.4. The van der Waals surface area contributed by atoms with Crippen LogP contribution < -0.4 is 20.7 Å². The van der Waals surface area contributed by atoms with E-state index in [4.69, 9.17) is 4.74 Å². The molecular weight excluding hydrogens is 516 g/mol. The minimum atomic E-state index is -4.95. The van der Waals surface area contributed by atoms with E-state index in [1.54, 1.807) is 38.1 Å². The van der Waals surface area contributed by atoms with E-state index in [0.717, 1.165) is 17.7 Å². The van der Waals surface area contributed by atoms with E-state index >= 15 is 0 Å². The van der Waals surface area contributed by atoms with E-state index in [0.29, 0.717) is 5.56 Å². The quantitative estimate of drug-likeness (QED) is 0.294. The zero-order valence-electron chi connectivity index (χ0n) is 20.6. The summed E-state index contributed by atoms with van der Waals surface area (Å²) in [5.41, 5.74) is -2.28. The average molecular weight is 544 g/mol. The van der Waals surface area contributed by atoms with Crippen LogP contribution in [-0.2, 0) is 10.3 Å². The first kappa shape index (κ1) is 28.9. The molecule has 2 aromatic rings. The third-order valence-electron chi connectivity index (χ3n) is 5.98. The van der Waals surface area contributed by atoms with Gasteiger partial charge in [-0.2, -0.15) is 26.3 Å². The summed E-state index contributed by atoms with van der Waals surface area (Å²) < 4.78 is 86.3. The number of aryl methyl sites for hydroxylation is 1. The van der Waals surface area contributed by atoms with Crippen molar-refractivity contribution in [2.24, 2.45) is 0 Å². The van der Waals surface area contributed by atoms with Crippen LogP contribution in [0.3, 0.4) is 0 Å². The van der Waals surface area contributed by atoms with E-state index in [2.05, 4.69) is 16.0 Å². The largest absolute Gasteiger partial charge is 0.494 e. The van der Waals surface area contributed by atoms with Crippen molar-refractivity contribution in [2.45, 2.75) is 51.0 Å². The third kappa shape index (κ3) is 6.78. The minimum Gasteiger partial charge on any atom is -0.494 e. The Kier molecular flexibility index (Phi) is 8.63. The van der Waals surface area contributed by atoms with Gasteiger partial charge in [-0.05, 0) is 49.1 Å². The van der Waals surface area contributed by atoms with Gasteiger partial charge in [-0.3, -0.25) is 4.79 Å². The number of urea groups is 1. The zero-order valence-corrected chi connectivity index (χ0v) is 20.6. The number of carbonyl (C=O) groups excluding carboxylic acids is 2. The summed E-state index contributed by atoms with van der Waals surface area (Å²) in [7, 11) is 0. The van der Waals surface area contributed by atoms with Crippen LogP contribution in [0.4, 0.5) is 31.1 Å². The predicted molar refractivity (Wildman–Crippen MR) is 128 cm³/mol. The van der Waals surface area contributed by atoms with Crippen LogP contribution >= 0.6 is 0 Å². The molecule has 206 valence electrons. The standard InChI is InChI=1S/C26H27F6N3O3/c1-3-33-23(37)34-21-20(17-7-5-16(2)6-8-17)15-24(26(30,31)32,35-22(21)36)18-9-11-19(12-10-18)38-14-4-13-25(27,28)29/h5-12H,3-4,13-15H2,1-2H3,(H,35,36)(H2,33,34,37). The van der Waals surface area contributed by atoms with Crippen LogP contribution in [0.15, 0.2) is 54.2 Å². The number of alkyl halides is 6. The van der Waals surface area contributed by atoms with Gasteiger partial charge in [0.15, 0.2) is 5.54 Å². The Hall–Kier alpha value is -3.70. The van der Waals surface area contributed by atoms with Crippen molar-refractivity contribution in [3.05, 3.63) is 70.9 Å². The molecule has 0 saturated carbocycles. The fourth-order valence-corrected chi connectivity index (χ4v) is 4.05. The molecule has 12 heteroatoms. The first-order valence-corrected chi connectivity index (χ1v) is 11.8. The van der Waals surface area contributed by atoms with Crippen molar-refractivity contribution in [2.75, 3.05) is 13.2 Å². The number of halogens is 6. The molecule has 1 unspecified atom stereocenters. The van der Waals surface area contributed by atoms with E-state index in [-0.39, 0.29) is 42.2 Å². The van der Waals surface area contributed by atoms with Crippen LogP contribution in [0, 0.1) is 6.92 Å². The summed E-state index contributed by atoms with van der Waals surface area (Å²) in [6, 6.07) is 10.4. The summed E-state index contributed by atoms with van der Waals surface area (Å²) in [5, 5.41) is 6.87. The van der Waals surface area contributed by atoms with Gasteiger partial charge in [0, 0.05) is 19.4 Å². The van der Waals surface area contributed by atoms with E-state index in [1.807, 2.05) is 0 Å². The molecule has 0 bridgehead atoms. The summed E-state index contributed by atoms with van der Waals surface area (Å²) in [5.74, 6) is -1.04. The highest BCUT2D eigenvalue weighted by Gasteiger charge is 2.59. The molecule has 0 aromatic heterocycles. The molecule has 1 heterocycles. The van der Waals surface area contributed by atoms with E-state index in [1.165, 1.54) is 12.1 Å². The molecule has 0 radical (unpaired) electrons. The van der Waals surface area contributed by atoms with E-state index < -0.39 is 42.7 Å². The first-order valence-electron chi connectivity index (χ1n) is 11.8. The molecule has 6 nitrogen and oxygen atoms in total. The lowest BCUT2D eigenvalue weighted by Gasteiger charge is -2.41. The van der Waals surface area contributed by atoms with Crippen molar-refractivity contribution in [1.82, 2.24) is 16.0 Å². The molecule has 0 saturated heterocycles. The summed E-state index contributed by atoms with van der Waals surface area (Å²) >= 11 is 0.